The summed E-state index contributed by atoms with van der Waals surface area (Å²) >= 11 is 0. The molecule has 0 atom stereocenters. The molecule has 130 valence electrons. The van der Waals surface area contributed by atoms with Crippen LogP contribution in [0, 0.1) is 0 Å². The highest BCUT2D eigenvalue weighted by atomic mass is 16.2. The molecule has 0 radical (unpaired) electrons. The number of fused-ring (bicyclic) bond motifs is 3. The third kappa shape index (κ3) is 2.95. The molecule has 2 aromatic heterocycles. The molecule has 5 heteroatoms. The standard InChI is InChI=1S/C20H23N3O2/c24-19(21-12-4-1-5-13-21)11-7-15-23-17-9-3-2-8-16(17)22-14-6-10-18(22)20(23)25/h2-3,6,8-10,14H,1,4-5,7,11-13,15H2. The Hall–Kier alpha value is -2.56. The predicted octanol–water partition coefficient (Wildman–Crippen LogP) is 3.05. The molecule has 0 aliphatic carbocycles. The van der Waals surface area contributed by atoms with E-state index in [1.54, 1.807) is 0 Å². The van der Waals surface area contributed by atoms with Gasteiger partial charge in [-0.25, -0.2) is 0 Å². The van der Waals surface area contributed by atoms with E-state index in [0.717, 1.165) is 37.0 Å². The fourth-order valence-corrected chi connectivity index (χ4v) is 3.82. The number of likely N-dealkylation sites (tertiary alicyclic amines) is 1. The molecular formula is C20H23N3O2. The van der Waals surface area contributed by atoms with Gasteiger partial charge in [0.25, 0.3) is 5.56 Å². The normalized spacial score (nSPS) is 15.1. The molecule has 0 N–H and O–H groups in total. The number of carbonyl (C=O) groups excluding carboxylic acids is 1. The lowest BCUT2D eigenvalue weighted by atomic mass is 10.1. The van der Waals surface area contributed by atoms with Crippen LogP contribution in [-0.4, -0.2) is 32.9 Å². The first-order valence-corrected chi connectivity index (χ1v) is 9.12. The van der Waals surface area contributed by atoms with Crippen LogP contribution < -0.4 is 5.56 Å². The Morgan fingerprint density at radius 1 is 0.920 bits per heavy atom. The quantitative estimate of drug-likeness (QED) is 0.734. The molecule has 0 spiro atoms. The first kappa shape index (κ1) is 15.9. The lowest BCUT2D eigenvalue weighted by molar-refractivity contribution is -0.132. The Bertz CT molecular complexity index is 964. The zero-order valence-corrected chi connectivity index (χ0v) is 14.4. The van der Waals surface area contributed by atoms with Crippen molar-refractivity contribution in [3.63, 3.8) is 0 Å². The van der Waals surface area contributed by atoms with Crippen molar-refractivity contribution in [1.29, 1.82) is 0 Å². The maximum absolute atomic E-state index is 12.8. The van der Waals surface area contributed by atoms with Crippen molar-refractivity contribution in [1.82, 2.24) is 13.9 Å². The molecule has 0 bridgehead atoms. The van der Waals surface area contributed by atoms with Gasteiger partial charge in [0.15, 0.2) is 0 Å². The number of para-hydroxylation sites is 2. The number of hydrogen-bond donors (Lipinski definition) is 0. The second kappa shape index (κ2) is 6.75. The van der Waals surface area contributed by atoms with Crippen LogP contribution in [-0.2, 0) is 11.3 Å². The van der Waals surface area contributed by atoms with E-state index in [4.69, 9.17) is 0 Å². The van der Waals surface area contributed by atoms with E-state index in [1.165, 1.54) is 6.42 Å². The summed E-state index contributed by atoms with van der Waals surface area (Å²) in [5, 5.41) is 0. The number of rotatable bonds is 4. The largest absolute Gasteiger partial charge is 0.343 e. The van der Waals surface area contributed by atoms with Crippen LogP contribution in [0.15, 0.2) is 47.4 Å². The highest BCUT2D eigenvalue weighted by molar-refractivity contribution is 5.79. The van der Waals surface area contributed by atoms with E-state index in [1.807, 2.05) is 56.5 Å². The summed E-state index contributed by atoms with van der Waals surface area (Å²) in [5.74, 6) is 0.223. The Kier molecular flexibility index (Phi) is 4.30. The van der Waals surface area contributed by atoms with Crippen molar-refractivity contribution in [3.8, 4) is 0 Å². The summed E-state index contributed by atoms with van der Waals surface area (Å²) in [6.45, 7) is 2.34. The fraction of sp³-hybridized carbons (Fsp3) is 0.400. The molecule has 1 amide bonds. The summed E-state index contributed by atoms with van der Waals surface area (Å²) < 4.78 is 3.75. The molecule has 0 unspecified atom stereocenters. The summed E-state index contributed by atoms with van der Waals surface area (Å²) in [6.07, 6.45) is 6.57. The predicted molar refractivity (Wildman–Crippen MR) is 98.8 cm³/mol. The minimum atomic E-state index is 0.00845. The SMILES string of the molecule is O=C(CCCn1c(=O)c2cccn2c2ccccc21)N1CCCCC1. The molecule has 1 saturated heterocycles. The van der Waals surface area contributed by atoms with E-state index < -0.39 is 0 Å². The van der Waals surface area contributed by atoms with Gasteiger partial charge < -0.3 is 13.9 Å². The zero-order chi connectivity index (χ0) is 17.2. The van der Waals surface area contributed by atoms with Crippen LogP contribution in [0.2, 0.25) is 0 Å². The maximum atomic E-state index is 12.8. The van der Waals surface area contributed by atoms with Gasteiger partial charge in [0.1, 0.15) is 5.52 Å². The maximum Gasteiger partial charge on any atom is 0.275 e. The smallest absolute Gasteiger partial charge is 0.275 e. The van der Waals surface area contributed by atoms with E-state index in [-0.39, 0.29) is 11.5 Å². The molecule has 3 aromatic rings. The van der Waals surface area contributed by atoms with Crippen molar-refractivity contribution >= 4 is 22.5 Å². The van der Waals surface area contributed by atoms with Crippen molar-refractivity contribution in [2.75, 3.05) is 13.1 Å². The molecule has 3 heterocycles. The number of nitrogens with zero attached hydrogens (tertiary/aromatic N) is 3. The van der Waals surface area contributed by atoms with Crippen LogP contribution in [0.25, 0.3) is 16.6 Å². The van der Waals surface area contributed by atoms with Gasteiger partial charge in [-0.1, -0.05) is 12.1 Å². The summed E-state index contributed by atoms with van der Waals surface area (Å²) in [6, 6.07) is 11.7. The molecular weight excluding hydrogens is 314 g/mol. The molecule has 1 aliphatic heterocycles. The Balaban J connectivity index is 1.57. The molecule has 25 heavy (non-hydrogen) atoms. The average Bonchev–Trinajstić information content (AvgIpc) is 3.15. The Morgan fingerprint density at radius 3 is 2.44 bits per heavy atom. The second-order valence-electron chi connectivity index (χ2n) is 6.75. The summed E-state index contributed by atoms with van der Waals surface area (Å²) in [4.78, 5) is 27.1. The van der Waals surface area contributed by atoms with Crippen LogP contribution in [0.4, 0.5) is 0 Å². The highest BCUT2D eigenvalue weighted by Crippen LogP contribution is 2.16. The zero-order valence-electron chi connectivity index (χ0n) is 14.4. The van der Waals surface area contributed by atoms with Crippen LogP contribution in [0.5, 0.6) is 0 Å². The first-order chi connectivity index (χ1) is 12.3. The third-order valence-corrected chi connectivity index (χ3v) is 5.13. The van der Waals surface area contributed by atoms with Crippen LogP contribution >= 0.6 is 0 Å². The van der Waals surface area contributed by atoms with Gasteiger partial charge >= 0.3 is 0 Å². The number of amides is 1. The van der Waals surface area contributed by atoms with Gasteiger partial charge in [0.2, 0.25) is 5.91 Å². The molecule has 1 aromatic carbocycles. The average molecular weight is 337 g/mol. The van der Waals surface area contributed by atoms with Crippen molar-refractivity contribution in [2.24, 2.45) is 0 Å². The van der Waals surface area contributed by atoms with E-state index >= 15 is 0 Å². The van der Waals surface area contributed by atoms with Gasteiger partial charge in [-0.15, -0.1) is 0 Å². The van der Waals surface area contributed by atoms with Gasteiger partial charge in [0.05, 0.1) is 11.0 Å². The van der Waals surface area contributed by atoms with Crippen LogP contribution in [0.1, 0.15) is 32.1 Å². The molecule has 1 aliphatic rings. The Morgan fingerprint density at radius 2 is 1.64 bits per heavy atom. The second-order valence-corrected chi connectivity index (χ2v) is 6.75. The minimum Gasteiger partial charge on any atom is -0.343 e. The van der Waals surface area contributed by atoms with Gasteiger partial charge in [0, 0.05) is 32.3 Å². The molecule has 4 rings (SSSR count). The number of hydrogen-bond acceptors (Lipinski definition) is 2. The monoisotopic (exact) mass is 337 g/mol. The van der Waals surface area contributed by atoms with Crippen molar-refractivity contribution < 1.29 is 4.79 Å². The highest BCUT2D eigenvalue weighted by Gasteiger charge is 2.16. The molecule has 0 saturated carbocycles. The number of aromatic nitrogens is 2. The molecule has 5 nitrogen and oxygen atoms in total. The number of piperidine rings is 1. The van der Waals surface area contributed by atoms with E-state index in [0.29, 0.717) is 24.9 Å². The minimum absolute atomic E-state index is 0.00845. The number of carbonyl (C=O) groups is 1. The molecule has 1 fully saturated rings. The van der Waals surface area contributed by atoms with E-state index in [9.17, 15) is 9.59 Å². The third-order valence-electron chi connectivity index (χ3n) is 5.13. The van der Waals surface area contributed by atoms with E-state index in [2.05, 4.69) is 0 Å². The number of benzene rings is 1. The lowest BCUT2D eigenvalue weighted by Gasteiger charge is -2.26. The van der Waals surface area contributed by atoms with Gasteiger partial charge in [-0.2, -0.15) is 0 Å². The van der Waals surface area contributed by atoms with Crippen LogP contribution in [0.3, 0.4) is 0 Å². The lowest BCUT2D eigenvalue weighted by Crippen LogP contribution is -2.35. The van der Waals surface area contributed by atoms with Crippen molar-refractivity contribution in [2.45, 2.75) is 38.6 Å². The van der Waals surface area contributed by atoms with Crippen molar-refractivity contribution in [3.05, 3.63) is 52.9 Å². The van der Waals surface area contributed by atoms with Gasteiger partial charge in [-0.3, -0.25) is 9.59 Å². The summed E-state index contributed by atoms with van der Waals surface area (Å²) in [7, 11) is 0. The van der Waals surface area contributed by atoms with Gasteiger partial charge in [-0.05, 0) is 49.9 Å². The number of aryl methyl sites for hydroxylation is 1. The summed E-state index contributed by atoms with van der Waals surface area (Å²) in [5.41, 5.74) is 2.63. The topological polar surface area (TPSA) is 46.7 Å². The first-order valence-electron chi connectivity index (χ1n) is 9.12. The fourth-order valence-electron chi connectivity index (χ4n) is 3.82. The Labute approximate surface area is 146 Å².